The van der Waals surface area contributed by atoms with E-state index in [0.29, 0.717) is 0 Å². The highest BCUT2D eigenvalue weighted by atomic mass is 16.1. The molecule has 0 bridgehead atoms. The number of hydrogen-bond donors (Lipinski definition) is 1. The Morgan fingerprint density at radius 2 is 1.88 bits per heavy atom. The van der Waals surface area contributed by atoms with Gasteiger partial charge in [-0.1, -0.05) is 27.7 Å². The fourth-order valence-electron chi connectivity index (χ4n) is 2.09. The Morgan fingerprint density at radius 3 is 2.12 bits per heavy atom. The molecule has 0 aromatic rings. The van der Waals surface area contributed by atoms with Crippen LogP contribution in [0.5, 0.6) is 0 Å². The molecule has 2 fully saturated rings. The number of piperidine rings is 1. The molecule has 0 saturated carbocycles. The van der Waals surface area contributed by atoms with Crippen LogP contribution >= 0.6 is 0 Å². The summed E-state index contributed by atoms with van der Waals surface area (Å²) in [5.74, 6) is 1.65. The zero-order valence-corrected chi connectivity index (χ0v) is 12.0. The van der Waals surface area contributed by atoms with E-state index in [1.54, 1.807) is 0 Å². The molecule has 2 rings (SSSR count). The second-order valence-corrected chi connectivity index (χ2v) is 4.95. The molecule has 0 aromatic heterocycles. The minimum absolute atomic E-state index is 0.722. The summed E-state index contributed by atoms with van der Waals surface area (Å²) in [6, 6.07) is 0. The van der Waals surface area contributed by atoms with Crippen molar-refractivity contribution in [3.05, 3.63) is 0 Å². The monoisotopic (exact) mass is 242 g/mol. The van der Waals surface area contributed by atoms with Gasteiger partial charge in [-0.2, -0.15) is 0 Å². The van der Waals surface area contributed by atoms with Crippen molar-refractivity contribution >= 4 is 6.41 Å². The molecule has 0 aromatic carbocycles. The summed E-state index contributed by atoms with van der Waals surface area (Å²) in [6.45, 7) is 12.9. The van der Waals surface area contributed by atoms with Crippen LogP contribution in [0.15, 0.2) is 0 Å². The van der Waals surface area contributed by atoms with Gasteiger partial charge in [-0.05, 0) is 44.2 Å². The molecule has 0 radical (unpaired) electrons. The van der Waals surface area contributed by atoms with Crippen LogP contribution in [-0.2, 0) is 4.79 Å². The maximum absolute atomic E-state index is 10.1. The summed E-state index contributed by atoms with van der Waals surface area (Å²) in [5.41, 5.74) is 0. The third-order valence-corrected chi connectivity index (χ3v) is 3.15. The highest BCUT2D eigenvalue weighted by Gasteiger charge is 2.15. The molecule has 2 aliphatic rings. The molecule has 0 aliphatic carbocycles. The third-order valence-electron chi connectivity index (χ3n) is 3.15. The van der Waals surface area contributed by atoms with Gasteiger partial charge in [0.25, 0.3) is 0 Å². The number of nitrogens with one attached hydrogen (secondary N) is 1. The lowest BCUT2D eigenvalue weighted by Gasteiger charge is -2.17. The molecular weight excluding hydrogens is 212 g/mol. The highest BCUT2D eigenvalue weighted by molar-refractivity contribution is 5.47. The fraction of sp³-hybridized carbons (Fsp3) is 0.929. The standard InChI is InChI=1S/C6H11NO.C6H13N.C2H6/c1-6-2-3-7(4-6)5-8;1-6-3-2-4-7-5-6;1-2/h5-6H,2-4H2,1H3;6-7H,2-5H2,1H3;1-2H3. The first-order chi connectivity index (χ1) is 8.22. The van der Waals surface area contributed by atoms with Gasteiger partial charge < -0.3 is 10.2 Å². The number of amides is 1. The van der Waals surface area contributed by atoms with Crippen molar-refractivity contribution in [1.29, 1.82) is 0 Å². The summed E-state index contributed by atoms with van der Waals surface area (Å²) in [4.78, 5) is 11.9. The van der Waals surface area contributed by atoms with Crippen LogP contribution in [0.3, 0.4) is 0 Å². The van der Waals surface area contributed by atoms with Gasteiger partial charge in [-0.3, -0.25) is 4.79 Å². The van der Waals surface area contributed by atoms with Gasteiger partial charge in [0.05, 0.1) is 0 Å². The molecule has 17 heavy (non-hydrogen) atoms. The number of hydrogen-bond acceptors (Lipinski definition) is 2. The quantitative estimate of drug-likeness (QED) is 0.717. The molecule has 0 spiro atoms. The van der Waals surface area contributed by atoms with Crippen molar-refractivity contribution in [2.24, 2.45) is 11.8 Å². The summed E-state index contributed by atoms with van der Waals surface area (Å²) < 4.78 is 0. The van der Waals surface area contributed by atoms with Crippen molar-refractivity contribution in [2.75, 3.05) is 26.2 Å². The fourth-order valence-corrected chi connectivity index (χ4v) is 2.09. The average Bonchev–Trinajstić information content (AvgIpc) is 2.79. The summed E-state index contributed by atoms with van der Waals surface area (Å²) in [6.07, 6.45) is 4.91. The molecule has 2 saturated heterocycles. The van der Waals surface area contributed by atoms with Gasteiger partial charge in [0.1, 0.15) is 0 Å². The Balaban J connectivity index is 0.000000265. The van der Waals surface area contributed by atoms with Crippen molar-refractivity contribution in [3.63, 3.8) is 0 Å². The smallest absolute Gasteiger partial charge is 0.209 e. The first kappa shape index (κ1) is 16.4. The van der Waals surface area contributed by atoms with Crippen molar-refractivity contribution in [2.45, 2.75) is 47.0 Å². The second-order valence-electron chi connectivity index (χ2n) is 4.95. The molecule has 2 atom stereocenters. The van der Waals surface area contributed by atoms with Crippen LogP contribution in [-0.4, -0.2) is 37.5 Å². The lowest BCUT2D eigenvalue weighted by atomic mass is 10.0. The van der Waals surface area contributed by atoms with Crippen LogP contribution < -0.4 is 5.32 Å². The first-order valence-corrected chi connectivity index (χ1v) is 7.12. The number of nitrogens with zero attached hydrogens (tertiary/aromatic N) is 1. The SMILES string of the molecule is CC.CC1CCCNC1.CC1CCN(C=O)C1. The minimum Gasteiger partial charge on any atom is -0.345 e. The van der Waals surface area contributed by atoms with Gasteiger partial charge in [-0.25, -0.2) is 0 Å². The predicted molar refractivity (Wildman–Crippen MR) is 74.0 cm³/mol. The summed E-state index contributed by atoms with van der Waals surface area (Å²) >= 11 is 0. The average molecular weight is 242 g/mol. The maximum Gasteiger partial charge on any atom is 0.209 e. The normalized spacial score (nSPS) is 27.4. The molecule has 3 nitrogen and oxygen atoms in total. The summed E-state index contributed by atoms with van der Waals surface area (Å²) in [7, 11) is 0. The predicted octanol–water partition coefficient (Wildman–Crippen LogP) is 2.52. The van der Waals surface area contributed by atoms with E-state index in [9.17, 15) is 4.79 Å². The van der Waals surface area contributed by atoms with Crippen LogP contribution in [0.4, 0.5) is 0 Å². The topological polar surface area (TPSA) is 32.3 Å². The Morgan fingerprint density at radius 1 is 1.18 bits per heavy atom. The molecular formula is C14H30N2O. The molecule has 1 N–H and O–H groups in total. The van der Waals surface area contributed by atoms with Gasteiger partial charge >= 0.3 is 0 Å². The number of likely N-dealkylation sites (tertiary alicyclic amines) is 1. The van der Waals surface area contributed by atoms with Crippen LogP contribution in [0.2, 0.25) is 0 Å². The van der Waals surface area contributed by atoms with Gasteiger partial charge in [0.2, 0.25) is 6.41 Å². The lowest BCUT2D eigenvalue weighted by Crippen LogP contribution is -2.27. The van der Waals surface area contributed by atoms with Crippen LogP contribution in [0.25, 0.3) is 0 Å². The van der Waals surface area contributed by atoms with E-state index in [1.165, 1.54) is 32.4 Å². The van der Waals surface area contributed by atoms with Gasteiger partial charge in [0, 0.05) is 13.1 Å². The van der Waals surface area contributed by atoms with Crippen molar-refractivity contribution < 1.29 is 4.79 Å². The Labute approximate surface area is 107 Å². The first-order valence-electron chi connectivity index (χ1n) is 7.12. The molecule has 3 heteroatoms. The third kappa shape index (κ3) is 8.19. The maximum atomic E-state index is 10.1. The van der Waals surface area contributed by atoms with E-state index in [4.69, 9.17) is 0 Å². The zero-order chi connectivity index (χ0) is 13.1. The largest absolute Gasteiger partial charge is 0.345 e. The van der Waals surface area contributed by atoms with Gasteiger partial charge in [-0.15, -0.1) is 0 Å². The lowest BCUT2D eigenvalue weighted by molar-refractivity contribution is -0.117. The molecule has 2 aliphatic heterocycles. The Kier molecular flexibility index (Phi) is 10.2. The Hall–Kier alpha value is -0.570. The molecule has 2 heterocycles. The van der Waals surface area contributed by atoms with Crippen molar-refractivity contribution in [1.82, 2.24) is 10.2 Å². The number of rotatable bonds is 1. The van der Waals surface area contributed by atoms with Crippen LogP contribution in [0.1, 0.15) is 47.0 Å². The second kappa shape index (κ2) is 10.6. The van der Waals surface area contributed by atoms with E-state index in [0.717, 1.165) is 31.3 Å². The number of carbonyl (C=O) groups excluding carboxylic acids is 1. The molecule has 1 amide bonds. The summed E-state index contributed by atoms with van der Waals surface area (Å²) in [5, 5.41) is 3.33. The van der Waals surface area contributed by atoms with E-state index in [2.05, 4.69) is 19.2 Å². The van der Waals surface area contributed by atoms with Crippen LogP contribution in [0, 0.1) is 11.8 Å². The van der Waals surface area contributed by atoms with E-state index in [-0.39, 0.29) is 0 Å². The van der Waals surface area contributed by atoms with E-state index < -0.39 is 0 Å². The number of carbonyl (C=O) groups is 1. The van der Waals surface area contributed by atoms with Gasteiger partial charge in [0.15, 0.2) is 0 Å². The molecule has 2 unspecified atom stereocenters. The Bertz CT molecular complexity index is 179. The van der Waals surface area contributed by atoms with Crippen molar-refractivity contribution in [3.8, 4) is 0 Å². The minimum atomic E-state index is 0.722. The zero-order valence-electron chi connectivity index (χ0n) is 12.0. The highest BCUT2D eigenvalue weighted by Crippen LogP contribution is 2.12. The molecule has 102 valence electrons. The van der Waals surface area contributed by atoms with E-state index >= 15 is 0 Å². The van der Waals surface area contributed by atoms with E-state index in [1.807, 2.05) is 18.7 Å².